The fourth-order valence-corrected chi connectivity index (χ4v) is 1.87. The van der Waals surface area contributed by atoms with Gasteiger partial charge in [0.25, 0.3) is 0 Å². The molecule has 4 nitrogen and oxygen atoms in total. The van der Waals surface area contributed by atoms with Crippen LogP contribution >= 0.6 is 0 Å². The maximum Gasteiger partial charge on any atom is 0.509 e. The fourth-order valence-electron chi connectivity index (χ4n) is 1.87. The molecule has 0 saturated carbocycles. The summed E-state index contributed by atoms with van der Waals surface area (Å²) in [7, 11) is 0. The third kappa shape index (κ3) is 3.03. The molecule has 4 heteroatoms. The Hall–Kier alpha value is -1.06. The summed E-state index contributed by atoms with van der Waals surface area (Å²) in [6.45, 7) is 13.7. The topological polar surface area (TPSA) is 52.6 Å². The first-order valence-electron chi connectivity index (χ1n) is 6.35. The molecule has 0 aromatic rings. The van der Waals surface area contributed by atoms with Gasteiger partial charge in [0.1, 0.15) is 0 Å². The lowest BCUT2D eigenvalue weighted by atomic mass is 9.75. The van der Waals surface area contributed by atoms with Crippen molar-refractivity contribution in [3.63, 3.8) is 0 Å². The average Bonchev–Trinajstić information content (AvgIpc) is 2.56. The number of rotatable bonds is 2. The van der Waals surface area contributed by atoms with Crippen LogP contribution in [0.3, 0.4) is 0 Å². The van der Waals surface area contributed by atoms with Crippen LogP contribution in [0.4, 0.5) is 4.79 Å². The van der Waals surface area contributed by atoms with Gasteiger partial charge >= 0.3 is 6.16 Å². The molecule has 1 rings (SSSR count). The number of ketones is 1. The molecule has 0 bridgehead atoms. The van der Waals surface area contributed by atoms with E-state index in [1.807, 2.05) is 48.5 Å². The molecule has 0 aliphatic carbocycles. The number of carbonyl (C=O) groups is 2. The van der Waals surface area contributed by atoms with Gasteiger partial charge in [0.2, 0.25) is 6.10 Å². The van der Waals surface area contributed by atoms with E-state index in [9.17, 15) is 9.59 Å². The molecule has 1 fully saturated rings. The van der Waals surface area contributed by atoms with Gasteiger partial charge in [0.15, 0.2) is 11.9 Å². The van der Waals surface area contributed by atoms with Crippen molar-refractivity contribution in [1.29, 1.82) is 0 Å². The van der Waals surface area contributed by atoms with E-state index in [1.54, 1.807) is 0 Å². The zero-order valence-corrected chi connectivity index (χ0v) is 12.4. The van der Waals surface area contributed by atoms with Crippen LogP contribution in [0.1, 0.15) is 48.5 Å². The third-order valence-corrected chi connectivity index (χ3v) is 3.58. The van der Waals surface area contributed by atoms with Crippen LogP contribution in [0.25, 0.3) is 0 Å². The molecule has 1 heterocycles. The molecule has 2 unspecified atom stereocenters. The van der Waals surface area contributed by atoms with Crippen LogP contribution in [0, 0.1) is 16.7 Å². The van der Waals surface area contributed by atoms with Gasteiger partial charge in [-0.3, -0.25) is 4.79 Å². The Morgan fingerprint density at radius 2 is 1.61 bits per heavy atom. The molecule has 0 amide bonds. The third-order valence-electron chi connectivity index (χ3n) is 3.58. The van der Waals surface area contributed by atoms with Crippen molar-refractivity contribution >= 4 is 11.9 Å². The molecular weight excluding hydrogens is 232 g/mol. The van der Waals surface area contributed by atoms with E-state index in [-0.39, 0.29) is 22.5 Å². The molecule has 0 radical (unpaired) electrons. The predicted octanol–water partition coefficient (Wildman–Crippen LogP) is 3.19. The largest absolute Gasteiger partial charge is 0.509 e. The van der Waals surface area contributed by atoms with Crippen LogP contribution in [0.5, 0.6) is 0 Å². The lowest BCUT2D eigenvalue weighted by molar-refractivity contribution is -0.135. The number of ether oxygens (including phenoxy) is 2. The van der Waals surface area contributed by atoms with Gasteiger partial charge in [0, 0.05) is 11.3 Å². The minimum Gasteiger partial charge on any atom is -0.426 e. The second-order valence-corrected chi connectivity index (χ2v) is 7.18. The molecule has 0 spiro atoms. The molecule has 1 aliphatic heterocycles. The zero-order chi connectivity index (χ0) is 14.3. The maximum atomic E-state index is 12.4. The van der Waals surface area contributed by atoms with Crippen LogP contribution < -0.4 is 0 Å². The molecule has 1 saturated heterocycles. The van der Waals surface area contributed by atoms with Crippen molar-refractivity contribution in [2.24, 2.45) is 16.7 Å². The molecule has 3 atom stereocenters. The summed E-state index contributed by atoms with van der Waals surface area (Å²) < 4.78 is 10.2. The van der Waals surface area contributed by atoms with Gasteiger partial charge in [0.05, 0.1) is 0 Å². The minimum atomic E-state index is -0.785. The summed E-state index contributed by atoms with van der Waals surface area (Å²) in [4.78, 5) is 23.7. The fraction of sp³-hybridized carbons (Fsp3) is 0.857. The van der Waals surface area contributed by atoms with E-state index in [2.05, 4.69) is 0 Å². The minimum absolute atomic E-state index is 0.0618. The molecule has 18 heavy (non-hydrogen) atoms. The maximum absolute atomic E-state index is 12.4. The number of carbonyl (C=O) groups excluding carboxylic acids is 2. The second kappa shape index (κ2) is 4.56. The van der Waals surface area contributed by atoms with Crippen LogP contribution in [0.2, 0.25) is 0 Å². The summed E-state index contributed by atoms with van der Waals surface area (Å²) in [5.74, 6) is -0.255. The quantitative estimate of drug-likeness (QED) is 0.712. The Balaban J connectivity index is 2.94. The van der Waals surface area contributed by atoms with E-state index < -0.39 is 18.4 Å². The number of hydrogen-bond donors (Lipinski definition) is 0. The Kier molecular flexibility index (Phi) is 3.80. The monoisotopic (exact) mass is 256 g/mol. The van der Waals surface area contributed by atoms with Crippen LogP contribution in [-0.4, -0.2) is 24.1 Å². The molecule has 1 aliphatic rings. The summed E-state index contributed by atoms with van der Waals surface area (Å²) in [5, 5.41) is 0. The molecule has 0 aromatic heterocycles. The average molecular weight is 256 g/mol. The first-order valence-corrected chi connectivity index (χ1v) is 6.35. The summed E-state index contributed by atoms with van der Waals surface area (Å²) in [6, 6.07) is 0. The lowest BCUT2D eigenvalue weighted by Gasteiger charge is -2.32. The lowest BCUT2D eigenvalue weighted by Crippen LogP contribution is -2.44. The van der Waals surface area contributed by atoms with E-state index in [0.29, 0.717) is 0 Å². The Labute approximate surface area is 109 Å². The highest BCUT2D eigenvalue weighted by atomic mass is 16.8. The van der Waals surface area contributed by atoms with Crippen molar-refractivity contribution in [2.45, 2.75) is 60.7 Å². The highest BCUT2D eigenvalue weighted by Gasteiger charge is 2.50. The Morgan fingerprint density at radius 3 is 2.00 bits per heavy atom. The van der Waals surface area contributed by atoms with Gasteiger partial charge in [-0.15, -0.1) is 0 Å². The molecular formula is C14H24O4. The van der Waals surface area contributed by atoms with Gasteiger partial charge in [-0.05, 0) is 5.41 Å². The molecule has 0 N–H and O–H groups in total. The van der Waals surface area contributed by atoms with E-state index in [1.165, 1.54) is 0 Å². The van der Waals surface area contributed by atoms with Gasteiger partial charge in [-0.25, -0.2) is 4.79 Å². The predicted molar refractivity (Wildman–Crippen MR) is 68.2 cm³/mol. The Morgan fingerprint density at radius 1 is 1.11 bits per heavy atom. The summed E-state index contributed by atoms with van der Waals surface area (Å²) >= 11 is 0. The van der Waals surface area contributed by atoms with Crippen LogP contribution in [0.15, 0.2) is 0 Å². The number of cyclic esters (lactones) is 2. The van der Waals surface area contributed by atoms with Crippen LogP contribution in [-0.2, 0) is 14.3 Å². The highest BCUT2D eigenvalue weighted by molar-refractivity contribution is 5.89. The van der Waals surface area contributed by atoms with Gasteiger partial charge < -0.3 is 9.47 Å². The van der Waals surface area contributed by atoms with Crippen molar-refractivity contribution < 1.29 is 19.1 Å². The first-order chi connectivity index (χ1) is 7.94. The van der Waals surface area contributed by atoms with Crippen molar-refractivity contribution in [3.8, 4) is 0 Å². The van der Waals surface area contributed by atoms with Gasteiger partial charge in [-0.1, -0.05) is 48.5 Å². The normalized spacial score (nSPS) is 26.5. The smallest absolute Gasteiger partial charge is 0.426 e. The number of Topliss-reactive ketones (excluding diaryl/α,β-unsaturated/α-hetero) is 1. The van der Waals surface area contributed by atoms with Gasteiger partial charge in [-0.2, -0.15) is 0 Å². The molecule has 0 aromatic carbocycles. The highest BCUT2D eigenvalue weighted by Crippen LogP contribution is 2.36. The summed E-state index contributed by atoms with van der Waals surface area (Å²) in [6.07, 6.45) is -2.04. The van der Waals surface area contributed by atoms with E-state index >= 15 is 0 Å². The second-order valence-electron chi connectivity index (χ2n) is 7.18. The van der Waals surface area contributed by atoms with E-state index in [4.69, 9.17) is 9.47 Å². The molecule has 104 valence electrons. The van der Waals surface area contributed by atoms with E-state index in [0.717, 1.165) is 0 Å². The van der Waals surface area contributed by atoms with Crippen molar-refractivity contribution in [1.82, 2.24) is 0 Å². The van der Waals surface area contributed by atoms with Crippen molar-refractivity contribution in [2.75, 3.05) is 0 Å². The SMILES string of the molecule is C[C@@H](C(=O)C1OC(=O)OC1C(C)(C)C)C(C)(C)C. The number of hydrogen-bond acceptors (Lipinski definition) is 4. The first kappa shape index (κ1) is 15.0. The standard InChI is InChI=1S/C14H24O4/c1-8(13(2,3)4)9(15)10-11(14(5,6)7)18-12(16)17-10/h8,10-11H,1-7H3/t8-,10?,11?/m0/s1. The zero-order valence-electron chi connectivity index (χ0n) is 12.4. The van der Waals surface area contributed by atoms with Crippen molar-refractivity contribution in [3.05, 3.63) is 0 Å². The summed E-state index contributed by atoms with van der Waals surface area (Å²) in [5.41, 5.74) is -0.474. The Bertz CT molecular complexity index is 346.